The Morgan fingerprint density at radius 1 is 1.14 bits per heavy atom. The van der Waals surface area contributed by atoms with Gasteiger partial charge in [-0.1, -0.05) is 23.9 Å². The van der Waals surface area contributed by atoms with E-state index >= 15 is 0 Å². The molecule has 6 rings (SSSR count). The molecule has 0 unspecified atom stereocenters. The predicted molar refractivity (Wildman–Crippen MR) is 137 cm³/mol. The van der Waals surface area contributed by atoms with E-state index in [-0.39, 0.29) is 5.91 Å². The van der Waals surface area contributed by atoms with Crippen LogP contribution < -0.4 is 4.74 Å². The van der Waals surface area contributed by atoms with Gasteiger partial charge in [0, 0.05) is 31.3 Å². The van der Waals surface area contributed by atoms with Crippen LogP contribution in [0.1, 0.15) is 28.3 Å². The van der Waals surface area contributed by atoms with Crippen LogP contribution in [0.2, 0.25) is 0 Å². The molecule has 0 N–H and O–H groups in total. The smallest absolute Gasteiger partial charge is 0.273 e. The summed E-state index contributed by atoms with van der Waals surface area (Å²) in [5.41, 5.74) is 1.27. The van der Waals surface area contributed by atoms with E-state index < -0.39 is 5.79 Å². The highest BCUT2D eigenvalue weighted by Gasteiger charge is 2.41. The van der Waals surface area contributed by atoms with Crippen molar-refractivity contribution in [2.24, 2.45) is 0 Å². The van der Waals surface area contributed by atoms with Crippen molar-refractivity contribution in [1.29, 1.82) is 0 Å². The number of benzene rings is 1. The third kappa shape index (κ3) is 4.77. The maximum atomic E-state index is 13.1. The highest BCUT2D eigenvalue weighted by Crippen LogP contribution is 2.35. The summed E-state index contributed by atoms with van der Waals surface area (Å²) in [6.45, 7) is 2.43. The molecule has 5 heterocycles. The Morgan fingerprint density at radius 3 is 2.70 bits per heavy atom. The minimum absolute atomic E-state index is 0.0577. The van der Waals surface area contributed by atoms with Crippen molar-refractivity contribution in [3.05, 3.63) is 58.7 Å². The largest absolute Gasteiger partial charge is 0.495 e. The van der Waals surface area contributed by atoms with E-state index in [1.165, 1.54) is 23.1 Å². The first-order valence-corrected chi connectivity index (χ1v) is 13.8. The van der Waals surface area contributed by atoms with Crippen LogP contribution in [0.4, 0.5) is 0 Å². The van der Waals surface area contributed by atoms with Gasteiger partial charge in [-0.25, -0.2) is 4.98 Å². The Bertz CT molecular complexity index is 1370. The summed E-state index contributed by atoms with van der Waals surface area (Å²) < 4.78 is 24.7. The Balaban J connectivity index is 1.18. The quantitative estimate of drug-likeness (QED) is 0.319. The lowest BCUT2D eigenvalue weighted by molar-refractivity contribution is -0.181. The monoisotopic (exact) mass is 539 g/mol. The molecule has 0 saturated carbocycles. The van der Waals surface area contributed by atoms with Crippen LogP contribution >= 0.6 is 23.1 Å². The normalized spacial score (nSPS) is 16.9. The molecule has 1 aromatic carbocycles. The number of methoxy groups -OCH3 is 1. The van der Waals surface area contributed by atoms with Gasteiger partial charge in [0.15, 0.2) is 16.7 Å². The average molecular weight is 540 g/mol. The van der Waals surface area contributed by atoms with Crippen molar-refractivity contribution in [2.45, 2.75) is 29.5 Å². The topological polar surface area (TPSA) is 105 Å². The molecular formula is C25H25N5O5S2. The minimum Gasteiger partial charge on any atom is -0.495 e. The van der Waals surface area contributed by atoms with Crippen LogP contribution in [0.25, 0.3) is 17.3 Å². The number of aromatic nitrogens is 4. The predicted octanol–water partition coefficient (Wildman–Crippen LogP) is 4.26. The number of furan rings is 1. The van der Waals surface area contributed by atoms with E-state index in [9.17, 15) is 4.79 Å². The zero-order chi connectivity index (χ0) is 25.2. The molecule has 0 atom stereocenters. The van der Waals surface area contributed by atoms with Crippen LogP contribution in [0.3, 0.4) is 0 Å². The molecule has 0 bridgehead atoms. The molecule has 2 aliphatic heterocycles. The maximum absolute atomic E-state index is 13.1. The van der Waals surface area contributed by atoms with Crippen molar-refractivity contribution in [3.63, 3.8) is 0 Å². The number of carbonyl (C=O) groups excluding carboxylic acids is 1. The van der Waals surface area contributed by atoms with Crippen LogP contribution in [0, 0.1) is 0 Å². The summed E-state index contributed by atoms with van der Waals surface area (Å²) in [6.07, 6.45) is 2.97. The number of ether oxygens (including phenoxy) is 3. The van der Waals surface area contributed by atoms with Gasteiger partial charge in [0.1, 0.15) is 16.5 Å². The molecule has 37 heavy (non-hydrogen) atoms. The standard InChI is InChI=1S/C25H25N5O5S2/c1-32-19-6-3-2-5-18(19)30-22(20-7-4-12-33-20)27-28-24(30)37-16-21-26-17(15-36-21)23(31)29-10-8-25(9-11-29)34-13-14-35-25/h2-7,12,15H,8-11,13-14,16H2,1H3. The number of likely N-dealkylation sites (tertiary alicyclic amines) is 1. The first kappa shape index (κ1) is 24.2. The van der Waals surface area contributed by atoms with Gasteiger partial charge in [0.05, 0.1) is 38.0 Å². The van der Waals surface area contributed by atoms with E-state index in [4.69, 9.17) is 18.6 Å². The third-order valence-electron chi connectivity index (χ3n) is 6.42. The third-order valence-corrected chi connectivity index (χ3v) is 8.39. The molecule has 1 spiro atoms. The van der Waals surface area contributed by atoms with Gasteiger partial charge >= 0.3 is 0 Å². The highest BCUT2D eigenvalue weighted by atomic mass is 32.2. The number of nitrogens with zero attached hydrogens (tertiary/aromatic N) is 5. The number of thiazole rings is 1. The Morgan fingerprint density at radius 2 is 1.95 bits per heavy atom. The van der Waals surface area contributed by atoms with E-state index in [0.29, 0.717) is 73.1 Å². The minimum atomic E-state index is -0.507. The zero-order valence-electron chi connectivity index (χ0n) is 20.2. The lowest BCUT2D eigenvalue weighted by Crippen LogP contribution is -2.47. The number of thioether (sulfide) groups is 1. The SMILES string of the molecule is COc1ccccc1-n1c(SCc2nc(C(=O)N3CCC4(CC3)OCCO4)cs2)nnc1-c1ccco1. The lowest BCUT2D eigenvalue weighted by Gasteiger charge is -2.37. The highest BCUT2D eigenvalue weighted by molar-refractivity contribution is 7.98. The molecule has 192 valence electrons. The van der Waals surface area contributed by atoms with Gasteiger partial charge in [-0.05, 0) is 24.3 Å². The molecule has 3 aromatic heterocycles. The number of para-hydroxylation sites is 2. The van der Waals surface area contributed by atoms with Crippen LogP contribution in [0.5, 0.6) is 5.75 Å². The van der Waals surface area contributed by atoms with E-state index in [1.807, 2.05) is 51.2 Å². The van der Waals surface area contributed by atoms with Crippen molar-refractivity contribution in [2.75, 3.05) is 33.4 Å². The molecule has 10 nitrogen and oxygen atoms in total. The zero-order valence-corrected chi connectivity index (χ0v) is 21.8. The van der Waals surface area contributed by atoms with Crippen molar-refractivity contribution in [3.8, 4) is 23.0 Å². The molecule has 2 fully saturated rings. The molecule has 12 heteroatoms. The average Bonchev–Trinajstić information content (AvgIpc) is 3.75. The van der Waals surface area contributed by atoms with Crippen LogP contribution in [0.15, 0.2) is 57.6 Å². The van der Waals surface area contributed by atoms with Gasteiger partial charge in [-0.3, -0.25) is 9.36 Å². The first-order chi connectivity index (χ1) is 18.2. The fraction of sp³-hybridized carbons (Fsp3) is 0.360. The number of rotatable bonds is 7. The maximum Gasteiger partial charge on any atom is 0.273 e. The molecular weight excluding hydrogens is 514 g/mol. The van der Waals surface area contributed by atoms with Crippen molar-refractivity contribution < 1.29 is 23.4 Å². The summed E-state index contributed by atoms with van der Waals surface area (Å²) in [6, 6.07) is 11.3. The van der Waals surface area contributed by atoms with Gasteiger partial charge in [0.25, 0.3) is 5.91 Å². The van der Waals surface area contributed by atoms with E-state index in [1.54, 1.807) is 13.4 Å². The fourth-order valence-corrected chi connectivity index (χ4v) is 6.29. The second kappa shape index (κ2) is 10.3. The number of piperidine rings is 1. The van der Waals surface area contributed by atoms with Crippen molar-refractivity contribution in [1.82, 2.24) is 24.6 Å². The number of carbonyl (C=O) groups is 1. The molecule has 2 saturated heterocycles. The van der Waals surface area contributed by atoms with Crippen LogP contribution in [-0.4, -0.2) is 69.8 Å². The summed E-state index contributed by atoms with van der Waals surface area (Å²) in [4.78, 5) is 19.5. The summed E-state index contributed by atoms with van der Waals surface area (Å²) in [5.74, 6) is 1.84. The van der Waals surface area contributed by atoms with Gasteiger partial charge in [-0.2, -0.15) is 0 Å². The van der Waals surface area contributed by atoms with E-state index in [0.717, 1.165) is 10.7 Å². The molecule has 0 aliphatic carbocycles. The molecule has 2 aliphatic rings. The fourth-order valence-electron chi connectivity index (χ4n) is 4.56. The first-order valence-electron chi connectivity index (χ1n) is 11.9. The number of hydrogen-bond donors (Lipinski definition) is 0. The summed E-state index contributed by atoms with van der Waals surface area (Å²) >= 11 is 2.95. The second-order valence-corrected chi connectivity index (χ2v) is 10.5. The van der Waals surface area contributed by atoms with Gasteiger partial charge in [0.2, 0.25) is 5.82 Å². The molecule has 1 amide bonds. The molecule has 4 aromatic rings. The summed E-state index contributed by atoms with van der Waals surface area (Å²) in [7, 11) is 1.63. The number of hydrogen-bond acceptors (Lipinski definition) is 10. The Labute approximate surface area is 221 Å². The molecule has 0 radical (unpaired) electrons. The summed E-state index contributed by atoms with van der Waals surface area (Å²) in [5, 5.41) is 12.1. The Hall–Kier alpha value is -3.19. The van der Waals surface area contributed by atoms with E-state index in [2.05, 4.69) is 15.2 Å². The van der Waals surface area contributed by atoms with Crippen molar-refractivity contribution >= 4 is 29.0 Å². The van der Waals surface area contributed by atoms with Gasteiger partial charge < -0.3 is 23.5 Å². The Kier molecular flexibility index (Phi) is 6.72. The second-order valence-electron chi connectivity index (χ2n) is 8.61. The van der Waals surface area contributed by atoms with Crippen LogP contribution in [-0.2, 0) is 15.2 Å². The number of amides is 1. The lowest BCUT2D eigenvalue weighted by atomic mass is 10.0. The van der Waals surface area contributed by atoms with Gasteiger partial charge in [-0.15, -0.1) is 21.5 Å².